The predicted molar refractivity (Wildman–Crippen MR) is 94.3 cm³/mol. The number of aromatic nitrogens is 2. The van der Waals surface area contributed by atoms with E-state index in [1.807, 2.05) is 49.4 Å². The first-order chi connectivity index (χ1) is 11.6. The van der Waals surface area contributed by atoms with Crippen LogP contribution in [0.2, 0.25) is 0 Å². The maximum atomic E-state index is 12.2. The highest BCUT2D eigenvalue weighted by atomic mass is 16.5. The van der Waals surface area contributed by atoms with E-state index in [9.17, 15) is 9.59 Å². The second kappa shape index (κ2) is 7.87. The number of hydrogen-bond acceptors (Lipinski definition) is 4. The molecule has 5 heteroatoms. The summed E-state index contributed by atoms with van der Waals surface area (Å²) in [4.78, 5) is 26.3. The van der Waals surface area contributed by atoms with Gasteiger partial charge in [0.15, 0.2) is 0 Å². The van der Waals surface area contributed by atoms with Gasteiger partial charge in [-0.3, -0.25) is 9.36 Å². The van der Waals surface area contributed by atoms with E-state index < -0.39 is 5.97 Å². The number of carbonyl (C=O) groups excluding carboxylic acids is 1. The van der Waals surface area contributed by atoms with Crippen molar-refractivity contribution in [1.29, 1.82) is 0 Å². The van der Waals surface area contributed by atoms with Crippen molar-refractivity contribution in [2.45, 2.75) is 6.92 Å². The number of benzene rings is 1. The number of rotatable bonds is 2. The summed E-state index contributed by atoms with van der Waals surface area (Å²) < 4.78 is 5.78. The van der Waals surface area contributed by atoms with Crippen LogP contribution in [0.1, 0.15) is 5.56 Å². The number of fused-ring (bicyclic) bond motifs is 1. The lowest BCUT2D eigenvalue weighted by molar-refractivity contribution is -0.134. The third-order valence-corrected chi connectivity index (χ3v) is 3.38. The molecule has 3 rings (SSSR count). The Bertz CT molecular complexity index is 915. The quantitative estimate of drug-likeness (QED) is 0.537. The number of methoxy groups -OCH3 is 1. The zero-order valence-corrected chi connectivity index (χ0v) is 13.6. The molecule has 0 bridgehead atoms. The minimum atomic E-state index is -0.394. The molecule has 3 aromatic rings. The van der Waals surface area contributed by atoms with E-state index in [1.54, 1.807) is 16.8 Å². The maximum absolute atomic E-state index is 12.2. The molecule has 5 nitrogen and oxygen atoms in total. The summed E-state index contributed by atoms with van der Waals surface area (Å²) in [6, 6.07) is 15.1. The van der Waals surface area contributed by atoms with Gasteiger partial charge in [-0.05, 0) is 30.7 Å². The topological polar surface area (TPSA) is 61.2 Å². The number of pyridine rings is 2. The summed E-state index contributed by atoms with van der Waals surface area (Å²) in [6.07, 6.45) is 2.80. The minimum absolute atomic E-state index is 0.0510. The summed E-state index contributed by atoms with van der Waals surface area (Å²) in [5.41, 5.74) is 1.83. The zero-order chi connectivity index (χ0) is 17.5. The molecule has 0 saturated carbocycles. The van der Waals surface area contributed by atoms with Crippen LogP contribution in [0.25, 0.3) is 16.7 Å². The van der Waals surface area contributed by atoms with E-state index >= 15 is 0 Å². The summed E-state index contributed by atoms with van der Waals surface area (Å²) in [6.45, 7) is 5.11. The van der Waals surface area contributed by atoms with Gasteiger partial charge in [-0.1, -0.05) is 30.8 Å². The van der Waals surface area contributed by atoms with Crippen molar-refractivity contribution in [2.75, 3.05) is 7.11 Å². The summed E-state index contributed by atoms with van der Waals surface area (Å²) in [5, 5.41) is 1.07. The number of ether oxygens (including phenoxy) is 1. The second-order valence-electron chi connectivity index (χ2n) is 4.93. The summed E-state index contributed by atoms with van der Waals surface area (Å²) >= 11 is 0. The third kappa shape index (κ3) is 3.76. The normalized spacial score (nSPS) is 9.75. The Morgan fingerprint density at radius 2 is 1.92 bits per heavy atom. The second-order valence-corrected chi connectivity index (χ2v) is 4.93. The molecule has 0 atom stereocenters. The van der Waals surface area contributed by atoms with Gasteiger partial charge in [-0.25, -0.2) is 9.78 Å². The fourth-order valence-electron chi connectivity index (χ4n) is 2.25. The number of nitrogens with zero attached hydrogens (tertiary/aromatic N) is 2. The molecule has 0 fully saturated rings. The number of hydrogen-bond donors (Lipinski definition) is 0. The molecule has 1 aromatic carbocycles. The van der Waals surface area contributed by atoms with Crippen molar-refractivity contribution in [1.82, 2.24) is 9.55 Å². The molecule has 0 radical (unpaired) electrons. The molecule has 0 unspecified atom stereocenters. The summed E-state index contributed by atoms with van der Waals surface area (Å²) in [5.74, 6) is 0.258. The molecule has 0 amide bonds. The van der Waals surface area contributed by atoms with E-state index in [1.165, 1.54) is 7.11 Å². The van der Waals surface area contributed by atoms with Gasteiger partial charge in [-0.2, -0.15) is 0 Å². The third-order valence-electron chi connectivity index (χ3n) is 3.38. The monoisotopic (exact) mass is 322 g/mol. The Morgan fingerprint density at radius 1 is 1.21 bits per heavy atom. The average molecular weight is 322 g/mol. The van der Waals surface area contributed by atoms with Gasteiger partial charge in [0, 0.05) is 23.7 Å². The number of aryl methyl sites for hydroxylation is 1. The van der Waals surface area contributed by atoms with Gasteiger partial charge >= 0.3 is 5.97 Å². The molecule has 0 N–H and O–H groups in total. The highest BCUT2D eigenvalue weighted by molar-refractivity contribution is 5.83. The molecule has 0 aliphatic heterocycles. The highest BCUT2D eigenvalue weighted by Gasteiger charge is 2.07. The fourth-order valence-corrected chi connectivity index (χ4v) is 2.25. The SMILES string of the molecule is C=CC(=O)OC.Cc1cc(=O)n(-c2ccccn2)c2ccccc12. The lowest BCUT2D eigenvalue weighted by Gasteiger charge is -2.10. The molecule has 0 spiro atoms. The molecule has 0 aliphatic carbocycles. The van der Waals surface area contributed by atoms with Gasteiger partial charge in [0.1, 0.15) is 5.82 Å². The van der Waals surface area contributed by atoms with Crippen molar-refractivity contribution in [3.8, 4) is 5.82 Å². The van der Waals surface area contributed by atoms with Gasteiger partial charge < -0.3 is 4.74 Å². The Labute approximate surface area is 139 Å². The highest BCUT2D eigenvalue weighted by Crippen LogP contribution is 2.18. The summed E-state index contributed by atoms with van der Waals surface area (Å²) in [7, 11) is 1.31. The molecule has 122 valence electrons. The average Bonchev–Trinajstić information content (AvgIpc) is 2.62. The Morgan fingerprint density at radius 3 is 2.50 bits per heavy atom. The predicted octanol–water partition coefficient (Wildman–Crippen LogP) is 3.04. The molecular weight excluding hydrogens is 304 g/mol. The van der Waals surface area contributed by atoms with Crippen LogP contribution in [-0.2, 0) is 9.53 Å². The van der Waals surface area contributed by atoms with Crippen LogP contribution < -0.4 is 5.56 Å². The molecule has 2 heterocycles. The molecule has 0 aliphatic rings. The van der Waals surface area contributed by atoms with Crippen molar-refractivity contribution >= 4 is 16.9 Å². The van der Waals surface area contributed by atoms with Crippen molar-refractivity contribution < 1.29 is 9.53 Å². The standard InChI is InChI=1S/C15H12N2O.C4H6O2/c1-11-10-15(18)17(14-8-4-5-9-16-14)13-7-3-2-6-12(11)13;1-3-4(5)6-2/h2-10H,1H3;3H,1H2,2H3. The number of para-hydroxylation sites is 1. The molecule has 24 heavy (non-hydrogen) atoms. The smallest absolute Gasteiger partial charge is 0.329 e. The molecule has 0 saturated heterocycles. The van der Waals surface area contributed by atoms with Crippen molar-refractivity contribution in [3.05, 3.63) is 83.3 Å². The van der Waals surface area contributed by atoms with Gasteiger partial charge in [-0.15, -0.1) is 0 Å². The Balaban J connectivity index is 0.000000301. The minimum Gasteiger partial charge on any atom is -0.466 e. The van der Waals surface area contributed by atoms with Gasteiger partial charge in [0.25, 0.3) is 5.56 Å². The van der Waals surface area contributed by atoms with E-state index in [2.05, 4.69) is 16.3 Å². The first kappa shape index (κ1) is 17.1. The number of carbonyl (C=O) groups is 1. The number of esters is 1. The van der Waals surface area contributed by atoms with Crippen molar-refractivity contribution in [3.63, 3.8) is 0 Å². The van der Waals surface area contributed by atoms with Gasteiger partial charge in [0.2, 0.25) is 0 Å². The fraction of sp³-hybridized carbons (Fsp3) is 0.105. The van der Waals surface area contributed by atoms with Crippen LogP contribution in [0, 0.1) is 6.92 Å². The Kier molecular flexibility index (Phi) is 5.63. The lowest BCUT2D eigenvalue weighted by Crippen LogP contribution is -2.19. The first-order valence-corrected chi connectivity index (χ1v) is 7.31. The molecule has 2 aromatic heterocycles. The van der Waals surface area contributed by atoms with Crippen LogP contribution in [0.3, 0.4) is 0 Å². The van der Waals surface area contributed by atoms with Crippen LogP contribution in [-0.4, -0.2) is 22.6 Å². The largest absolute Gasteiger partial charge is 0.466 e. The molecular formula is C19H18N2O3. The van der Waals surface area contributed by atoms with E-state index in [-0.39, 0.29) is 5.56 Å². The lowest BCUT2D eigenvalue weighted by atomic mass is 10.1. The Hall–Kier alpha value is -3.21. The van der Waals surface area contributed by atoms with Crippen molar-refractivity contribution in [2.24, 2.45) is 0 Å². The van der Waals surface area contributed by atoms with Crippen LogP contribution in [0.5, 0.6) is 0 Å². The van der Waals surface area contributed by atoms with Gasteiger partial charge in [0.05, 0.1) is 12.6 Å². The van der Waals surface area contributed by atoms with Crippen LogP contribution in [0.15, 0.2) is 72.2 Å². The maximum Gasteiger partial charge on any atom is 0.329 e. The van der Waals surface area contributed by atoms with E-state index in [4.69, 9.17) is 0 Å². The van der Waals surface area contributed by atoms with E-state index in [0.29, 0.717) is 5.82 Å². The van der Waals surface area contributed by atoms with E-state index in [0.717, 1.165) is 22.5 Å². The van der Waals surface area contributed by atoms with Crippen LogP contribution >= 0.6 is 0 Å². The zero-order valence-electron chi connectivity index (χ0n) is 13.6. The van der Waals surface area contributed by atoms with Crippen LogP contribution in [0.4, 0.5) is 0 Å². The first-order valence-electron chi connectivity index (χ1n) is 7.31.